The van der Waals surface area contributed by atoms with E-state index in [1.165, 1.54) is 0 Å². The summed E-state index contributed by atoms with van der Waals surface area (Å²) in [6.07, 6.45) is 4.19. The predicted octanol–water partition coefficient (Wildman–Crippen LogP) is 4.90. The summed E-state index contributed by atoms with van der Waals surface area (Å²) in [7, 11) is 0. The van der Waals surface area contributed by atoms with Crippen molar-refractivity contribution in [2.75, 3.05) is 13.1 Å². The maximum atomic E-state index is 13.5. The average molecular weight is 448 g/mol. The first-order valence-electron chi connectivity index (χ1n) is 10.8. The lowest BCUT2D eigenvalue weighted by Gasteiger charge is -2.38. The third-order valence-corrected chi connectivity index (χ3v) is 6.78. The number of aryl methyl sites for hydroxylation is 1. The number of halogens is 1. The van der Waals surface area contributed by atoms with E-state index in [1.807, 2.05) is 46.0 Å². The summed E-state index contributed by atoms with van der Waals surface area (Å²) in [6, 6.07) is 15.2. The molecule has 0 N–H and O–H groups in total. The van der Waals surface area contributed by atoms with E-state index in [-0.39, 0.29) is 11.9 Å². The summed E-state index contributed by atoms with van der Waals surface area (Å²) in [6.45, 7) is 1.66. The van der Waals surface area contributed by atoms with Gasteiger partial charge in [-0.1, -0.05) is 35.9 Å². The van der Waals surface area contributed by atoms with Gasteiger partial charge >= 0.3 is 5.97 Å². The summed E-state index contributed by atoms with van der Waals surface area (Å²) in [4.78, 5) is 27.6. The van der Waals surface area contributed by atoms with Crippen LogP contribution in [0.1, 0.15) is 52.0 Å². The zero-order valence-corrected chi connectivity index (χ0v) is 18.3. The Morgan fingerprint density at radius 2 is 1.97 bits per heavy atom. The van der Waals surface area contributed by atoms with E-state index in [1.54, 1.807) is 12.1 Å². The van der Waals surface area contributed by atoms with E-state index in [2.05, 4.69) is 6.07 Å². The Labute approximate surface area is 190 Å². The molecule has 0 atom stereocenters. The SMILES string of the molecule is N#CCCCn1cc(C(=O)N2CCC3(CC2)OC(=O)c2ccccc23)c2ccc(Cl)cc21. The van der Waals surface area contributed by atoms with E-state index in [9.17, 15) is 9.59 Å². The van der Waals surface area contributed by atoms with E-state index in [0.717, 1.165) is 16.5 Å². The maximum Gasteiger partial charge on any atom is 0.339 e. The van der Waals surface area contributed by atoms with Crippen molar-refractivity contribution in [1.29, 1.82) is 5.26 Å². The minimum atomic E-state index is -0.636. The first kappa shape index (κ1) is 20.6. The second-order valence-corrected chi connectivity index (χ2v) is 8.82. The molecule has 0 radical (unpaired) electrons. The highest BCUT2D eigenvalue weighted by Crippen LogP contribution is 2.44. The fraction of sp³-hybridized carbons (Fsp3) is 0.320. The molecule has 32 heavy (non-hydrogen) atoms. The van der Waals surface area contributed by atoms with Crippen molar-refractivity contribution >= 4 is 34.4 Å². The van der Waals surface area contributed by atoms with Gasteiger partial charge in [0.15, 0.2) is 0 Å². The fourth-order valence-electron chi connectivity index (χ4n) is 4.91. The van der Waals surface area contributed by atoms with Crippen LogP contribution in [0.25, 0.3) is 10.9 Å². The third-order valence-electron chi connectivity index (χ3n) is 6.55. The molecular weight excluding hydrogens is 426 g/mol. The summed E-state index contributed by atoms with van der Waals surface area (Å²) in [5.74, 6) is -0.318. The number of likely N-dealkylation sites (tertiary alicyclic amines) is 1. The van der Waals surface area contributed by atoms with Crippen LogP contribution in [0, 0.1) is 11.3 Å². The summed E-state index contributed by atoms with van der Waals surface area (Å²) < 4.78 is 7.82. The standard InChI is InChI=1S/C25H22ClN3O3/c26-17-7-8-18-20(16-29(22(18)15-17)12-4-3-11-27)23(30)28-13-9-25(10-14-28)21-6-2-1-5-19(21)24(31)32-25/h1-2,5-8,15-16H,3-4,9-10,12-14H2. The number of nitriles is 1. The summed E-state index contributed by atoms with van der Waals surface area (Å²) >= 11 is 6.21. The quantitative estimate of drug-likeness (QED) is 0.421. The van der Waals surface area contributed by atoms with Crippen LogP contribution in [0.5, 0.6) is 0 Å². The number of benzene rings is 2. The van der Waals surface area contributed by atoms with Gasteiger partial charge in [-0.15, -0.1) is 0 Å². The van der Waals surface area contributed by atoms with Crippen molar-refractivity contribution in [3.8, 4) is 6.07 Å². The van der Waals surface area contributed by atoms with E-state index in [4.69, 9.17) is 21.6 Å². The number of esters is 1. The lowest BCUT2D eigenvalue weighted by molar-refractivity contribution is -0.0389. The van der Waals surface area contributed by atoms with Gasteiger partial charge in [0.05, 0.1) is 22.7 Å². The van der Waals surface area contributed by atoms with Crippen molar-refractivity contribution in [3.63, 3.8) is 0 Å². The monoisotopic (exact) mass is 447 g/mol. The van der Waals surface area contributed by atoms with Crippen LogP contribution in [0.4, 0.5) is 0 Å². The highest BCUT2D eigenvalue weighted by molar-refractivity contribution is 6.31. The molecule has 7 heteroatoms. The Bertz CT molecular complexity index is 1270. The molecule has 1 fully saturated rings. The Hall–Kier alpha value is -3.30. The molecular formula is C25H22ClN3O3. The van der Waals surface area contributed by atoms with Gasteiger partial charge in [-0.2, -0.15) is 5.26 Å². The van der Waals surface area contributed by atoms with Crippen molar-refractivity contribution in [2.45, 2.75) is 37.8 Å². The van der Waals surface area contributed by atoms with Crippen molar-refractivity contribution in [3.05, 3.63) is 70.4 Å². The van der Waals surface area contributed by atoms with E-state index >= 15 is 0 Å². The smallest absolute Gasteiger partial charge is 0.339 e. The molecule has 0 aliphatic carbocycles. The van der Waals surface area contributed by atoms with Gasteiger partial charge in [-0.25, -0.2) is 4.79 Å². The number of fused-ring (bicyclic) bond motifs is 3. The molecule has 5 rings (SSSR count). The van der Waals surface area contributed by atoms with E-state index < -0.39 is 5.60 Å². The van der Waals surface area contributed by atoms with Crippen LogP contribution < -0.4 is 0 Å². The molecule has 2 aliphatic rings. The number of rotatable bonds is 4. The number of ether oxygens (including phenoxy) is 1. The van der Waals surface area contributed by atoms with Gasteiger partial charge in [-0.05, 0) is 24.6 Å². The molecule has 3 heterocycles. The predicted molar refractivity (Wildman–Crippen MR) is 120 cm³/mol. The Morgan fingerprint density at radius 1 is 1.19 bits per heavy atom. The maximum absolute atomic E-state index is 13.5. The summed E-state index contributed by atoms with van der Waals surface area (Å²) in [5, 5.41) is 10.3. The zero-order chi connectivity index (χ0) is 22.3. The Kier molecular flexibility index (Phi) is 5.15. The van der Waals surface area contributed by atoms with Gasteiger partial charge in [0.25, 0.3) is 5.91 Å². The van der Waals surface area contributed by atoms with Gasteiger partial charge < -0.3 is 14.2 Å². The minimum absolute atomic E-state index is 0.0381. The van der Waals surface area contributed by atoms with Gasteiger partial charge in [0.1, 0.15) is 5.60 Å². The number of carbonyl (C=O) groups excluding carboxylic acids is 2. The number of hydrogen-bond acceptors (Lipinski definition) is 4. The molecule has 162 valence electrons. The number of carbonyl (C=O) groups is 2. The Balaban J connectivity index is 1.39. The molecule has 1 amide bonds. The molecule has 2 aliphatic heterocycles. The van der Waals surface area contributed by atoms with Crippen LogP contribution in [0.2, 0.25) is 5.02 Å². The lowest BCUT2D eigenvalue weighted by Crippen LogP contribution is -2.45. The normalized spacial score (nSPS) is 16.8. The largest absolute Gasteiger partial charge is 0.450 e. The van der Waals surface area contributed by atoms with Gasteiger partial charge in [0, 0.05) is 61.1 Å². The lowest BCUT2D eigenvalue weighted by atomic mass is 9.83. The highest BCUT2D eigenvalue weighted by Gasteiger charge is 2.47. The minimum Gasteiger partial charge on any atom is -0.450 e. The van der Waals surface area contributed by atoms with Crippen LogP contribution in [-0.2, 0) is 16.9 Å². The number of piperidine rings is 1. The third kappa shape index (κ3) is 3.34. The van der Waals surface area contributed by atoms with Gasteiger partial charge in [0.2, 0.25) is 0 Å². The molecule has 1 aromatic heterocycles. The van der Waals surface area contributed by atoms with Crippen molar-refractivity contribution < 1.29 is 14.3 Å². The van der Waals surface area contributed by atoms with E-state index in [0.29, 0.717) is 61.5 Å². The van der Waals surface area contributed by atoms with Crippen LogP contribution in [0.3, 0.4) is 0 Å². The molecule has 1 saturated heterocycles. The van der Waals surface area contributed by atoms with Crippen molar-refractivity contribution in [2.24, 2.45) is 0 Å². The molecule has 0 saturated carbocycles. The van der Waals surface area contributed by atoms with Crippen LogP contribution in [0.15, 0.2) is 48.7 Å². The first-order chi connectivity index (χ1) is 15.5. The highest BCUT2D eigenvalue weighted by atomic mass is 35.5. The zero-order valence-electron chi connectivity index (χ0n) is 17.5. The second-order valence-electron chi connectivity index (χ2n) is 8.38. The molecule has 2 aromatic carbocycles. The average Bonchev–Trinajstić information content (AvgIpc) is 3.29. The molecule has 0 unspecified atom stereocenters. The topological polar surface area (TPSA) is 75.3 Å². The first-order valence-corrected chi connectivity index (χ1v) is 11.2. The number of aromatic nitrogens is 1. The fourth-order valence-corrected chi connectivity index (χ4v) is 5.07. The molecule has 3 aromatic rings. The number of hydrogen-bond donors (Lipinski definition) is 0. The second kappa shape index (κ2) is 7.99. The number of amides is 1. The van der Waals surface area contributed by atoms with Gasteiger partial charge in [-0.3, -0.25) is 4.79 Å². The van der Waals surface area contributed by atoms with Crippen LogP contribution >= 0.6 is 11.6 Å². The number of unbranched alkanes of at least 4 members (excludes halogenated alkanes) is 1. The van der Waals surface area contributed by atoms with Crippen LogP contribution in [-0.4, -0.2) is 34.4 Å². The summed E-state index contributed by atoms with van der Waals surface area (Å²) in [5.41, 5.74) is 2.45. The molecule has 0 bridgehead atoms. The number of nitrogens with zero attached hydrogens (tertiary/aromatic N) is 3. The molecule has 6 nitrogen and oxygen atoms in total. The Morgan fingerprint density at radius 3 is 2.75 bits per heavy atom. The van der Waals surface area contributed by atoms with Crippen molar-refractivity contribution in [1.82, 2.24) is 9.47 Å². The molecule has 1 spiro atoms.